The zero-order valence-corrected chi connectivity index (χ0v) is 11.1. The van der Waals surface area contributed by atoms with Crippen molar-refractivity contribution in [2.45, 2.75) is 24.7 Å². The van der Waals surface area contributed by atoms with Crippen molar-refractivity contribution >= 4 is 10.8 Å². The second-order valence-electron chi connectivity index (χ2n) is 5.15. The Balaban J connectivity index is 2.61. The van der Waals surface area contributed by atoms with Gasteiger partial charge in [0, 0.05) is 16.5 Å². The molecule has 0 spiro atoms. The van der Waals surface area contributed by atoms with E-state index < -0.39 is 81.5 Å². The van der Waals surface area contributed by atoms with Crippen molar-refractivity contribution in [3.63, 3.8) is 0 Å². The highest BCUT2D eigenvalue weighted by Crippen LogP contribution is 2.49. The molecule has 0 N–H and O–H groups in total. The molecule has 4 atom stereocenters. The maximum absolute atomic E-state index is 14.0. The molecule has 0 radical (unpaired) electrons. The number of hydrogen-bond donors (Lipinski definition) is 0. The van der Waals surface area contributed by atoms with Crippen LogP contribution in [0.4, 0.5) is 43.9 Å². The fraction of sp³-hybridized carbons (Fsp3) is 0.286. The Morgan fingerprint density at radius 3 is 1.29 bits per heavy atom. The maximum Gasteiger partial charge on any atom is 0.198 e. The van der Waals surface area contributed by atoms with Crippen LogP contribution in [0, 0.1) is 34.9 Å². The summed E-state index contributed by atoms with van der Waals surface area (Å²) >= 11 is 0. The van der Waals surface area contributed by atoms with E-state index in [1.807, 2.05) is 0 Å². The molecule has 0 saturated heterocycles. The summed E-state index contributed by atoms with van der Waals surface area (Å²) in [6.07, 6.45) is -13.0. The van der Waals surface area contributed by atoms with Gasteiger partial charge in [-0.2, -0.15) is 0 Å². The first kappa shape index (κ1) is 16.8. The molecule has 0 nitrogen and oxygen atoms in total. The molecule has 24 heavy (non-hydrogen) atoms. The fourth-order valence-electron chi connectivity index (χ4n) is 2.77. The summed E-state index contributed by atoms with van der Waals surface area (Å²) < 4.78 is 137. The molecular formula is C14H4F10. The molecular weight excluding hydrogens is 358 g/mol. The Morgan fingerprint density at radius 1 is 0.417 bits per heavy atom. The molecule has 3 rings (SSSR count). The van der Waals surface area contributed by atoms with Gasteiger partial charge in [0.15, 0.2) is 59.6 Å². The lowest BCUT2D eigenvalue weighted by molar-refractivity contribution is 0.0140. The Labute approximate surface area is 126 Å². The summed E-state index contributed by atoms with van der Waals surface area (Å²) in [4.78, 5) is 0. The van der Waals surface area contributed by atoms with Crippen molar-refractivity contribution in [1.29, 1.82) is 0 Å². The first-order valence-corrected chi connectivity index (χ1v) is 6.33. The number of halogens is 10. The smallest absolute Gasteiger partial charge is 0.198 e. The second kappa shape index (κ2) is 5.25. The van der Waals surface area contributed by atoms with E-state index in [0.29, 0.717) is 0 Å². The Hall–Kier alpha value is -2.00. The van der Waals surface area contributed by atoms with Crippen molar-refractivity contribution < 1.29 is 43.9 Å². The number of alkyl halides is 4. The monoisotopic (exact) mass is 362 g/mol. The molecule has 10 heteroatoms. The zero-order chi connectivity index (χ0) is 18.1. The summed E-state index contributed by atoms with van der Waals surface area (Å²) in [5.74, 6) is -14.6. The third-order valence-corrected chi connectivity index (χ3v) is 3.89. The highest BCUT2D eigenvalue weighted by atomic mass is 19.2. The summed E-state index contributed by atoms with van der Waals surface area (Å²) in [7, 11) is 0. The van der Waals surface area contributed by atoms with Gasteiger partial charge in [0.05, 0.1) is 5.39 Å². The van der Waals surface area contributed by atoms with Gasteiger partial charge in [0.25, 0.3) is 0 Å². The van der Waals surface area contributed by atoms with E-state index in [-0.39, 0.29) is 0 Å². The molecule has 1 aliphatic carbocycles. The highest BCUT2D eigenvalue weighted by Gasteiger charge is 2.49. The quantitative estimate of drug-likeness (QED) is 0.335. The van der Waals surface area contributed by atoms with Gasteiger partial charge >= 0.3 is 0 Å². The van der Waals surface area contributed by atoms with Crippen LogP contribution < -0.4 is 0 Å². The van der Waals surface area contributed by atoms with E-state index in [0.717, 1.165) is 0 Å². The minimum atomic E-state index is -3.27. The van der Waals surface area contributed by atoms with Gasteiger partial charge in [-0.1, -0.05) is 0 Å². The van der Waals surface area contributed by atoms with Crippen molar-refractivity contribution in [2.75, 3.05) is 0 Å². The van der Waals surface area contributed by atoms with E-state index in [2.05, 4.69) is 0 Å². The van der Waals surface area contributed by atoms with Gasteiger partial charge in [0.1, 0.15) is 0 Å². The summed E-state index contributed by atoms with van der Waals surface area (Å²) in [6, 6.07) is 0. The highest BCUT2D eigenvalue weighted by molar-refractivity contribution is 5.90. The number of benzene rings is 2. The fourth-order valence-corrected chi connectivity index (χ4v) is 2.77. The molecule has 0 heterocycles. The lowest BCUT2D eigenvalue weighted by Crippen LogP contribution is -2.34. The average Bonchev–Trinajstić information content (AvgIpc) is 2.56. The van der Waals surface area contributed by atoms with Crippen LogP contribution in [0.25, 0.3) is 10.8 Å². The predicted molar refractivity (Wildman–Crippen MR) is 61.2 cm³/mol. The van der Waals surface area contributed by atoms with Gasteiger partial charge < -0.3 is 0 Å². The number of hydrogen-bond acceptors (Lipinski definition) is 0. The van der Waals surface area contributed by atoms with Crippen LogP contribution in [0.1, 0.15) is 23.5 Å². The van der Waals surface area contributed by atoms with Crippen LogP contribution >= 0.6 is 0 Å². The molecule has 0 amide bonds. The van der Waals surface area contributed by atoms with Crippen molar-refractivity contribution in [2.24, 2.45) is 0 Å². The van der Waals surface area contributed by atoms with Gasteiger partial charge in [-0.15, -0.1) is 0 Å². The topological polar surface area (TPSA) is 0 Å². The van der Waals surface area contributed by atoms with Crippen LogP contribution in [0.3, 0.4) is 0 Å². The van der Waals surface area contributed by atoms with Crippen molar-refractivity contribution in [3.8, 4) is 0 Å². The van der Waals surface area contributed by atoms with E-state index in [4.69, 9.17) is 0 Å². The first-order valence-electron chi connectivity index (χ1n) is 6.33. The van der Waals surface area contributed by atoms with Crippen LogP contribution in [0.2, 0.25) is 0 Å². The zero-order valence-electron chi connectivity index (χ0n) is 11.1. The summed E-state index contributed by atoms with van der Waals surface area (Å²) in [5.41, 5.74) is -3.37. The normalized spacial score (nSPS) is 26.8. The minimum absolute atomic E-state index is 1.63. The molecule has 0 bridgehead atoms. The van der Waals surface area contributed by atoms with Crippen LogP contribution in [-0.4, -0.2) is 12.3 Å². The SMILES string of the molecule is Fc1c(F)c(F)c2c3c(c(F)c(F)c2c1F)C(F)C(F)C(F)C3F. The molecule has 0 fully saturated rings. The van der Waals surface area contributed by atoms with Gasteiger partial charge in [-0.25, -0.2) is 43.9 Å². The van der Waals surface area contributed by atoms with Crippen LogP contribution in [-0.2, 0) is 0 Å². The van der Waals surface area contributed by atoms with E-state index in [1.54, 1.807) is 0 Å². The molecule has 2 aromatic rings. The van der Waals surface area contributed by atoms with Gasteiger partial charge in [-0.05, 0) is 0 Å². The number of fused-ring (bicyclic) bond motifs is 3. The van der Waals surface area contributed by atoms with Crippen molar-refractivity contribution in [1.82, 2.24) is 0 Å². The molecule has 0 saturated carbocycles. The number of rotatable bonds is 0. The van der Waals surface area contributed by atoms with Crippen molar-refractivity contribution in [3.05, 3.63) is 46.0 Å². The first-order chi connectivity index (χ1) is 11.1. The largest absolute Gasteiger partial charge is 0.241 e. The lowest BCUT2D eigenvalue weighted by Gasteiger charge is -2.31. The summed E-state index contributed by atoms with van der Waals surface area (Å²) in [6.45, 7) is 0. The standard InChI is InChI=1S/C14H4F10/c15-5-1-2-4(10(20)14(24)12(22)6(2)16)8(18)7(17)3(1)9(19)13(23)11(5)21/h5,9,11,13H. The molecule has 0 aromatic heterocycles. The van der Waals surface area contributed by atoms with Gasteiger partial charge in [0.2, 0.25) is 0 Å². The molecule has 2 aromatic carbocycles. The van der Waals surface area contributed by atoms with E-state index >= 15 is 0 Å². The maximum atomic E-state index is 14.0. The minimum Gasteiger partial charge on any atom is -0.241 e. The average molecular weight is 362 g/mol. The van der Waals surface area contributed by atoms with Crippen LogP contribution in [0.5, 0.6) is 0 Å². The third kappa shape index (κ3) is 1.88. The van der Waals surface area contributed by atoms with E-state index in [9.17, 15) is 43.9 Å². The Kier molecular flexibility index (Phi) is 3.68. The molecule has 1 aliphatic rings. The molecule has 4 unspecified atom stereocenters. The Morgan fingerprint density at radius 2 is 0.792 bits per heavy atom. The second-order valence-corrected chi connectivity index (χ2v) is 5.15. The Bertz CT molecular complexity index is 861. The lowest BCUT2D eigenvalue weighted by atomic mass is 9.82. The molecule has 0 aliphatic heterocycles. The summed E-state index contributed by atoms with van der Waals surface area (Å²) in [5, 5.41) is -3.58. The van der Waals surface area contributed by atoms with Crippen LogP contribution in [0.15, 0.2) is 0 Å². The van der Waals surface area contributed by atoms with E-state index in [1.165, 1.54) is 0 Å². The predicted octanol–water partition coefficient (Wildman–Crippen LogP) is 5.39. The third-order valence-electron chi connectivity index (χ3n) is 3.89. The molecule has 130 valence electrons. The van der Waals surface area contributed by atoms with Gasteiger partial charge in [-0.3, -0.25) is 0 Å².